The number of alkyl halides is 1. The Morgan fingerprint density at radius 2 is 1.71 bits per heavy atom. The van der Waals surface area contributed by atoms with Crippen molar-refractivity contribution in [3.8, 4) is 11.1 Å². The predicted octanol–water partition coefficient (Wildman–Crippen LogP) is 6.20. The van der Waals surface area contributed by atoms with Crippen molar-refractivity contribution in [1.82, 2.24) is 4.90 Å². The number of amides is 1. The van der Waals surface area contributed by atoms with Gasteiger partial charge in [-0.05, 0) is 60.1 Å². The highest BCUT2D eigenvalue weighted by molar-refractivity contribution is 7.80. The molecule has 2 aromatic rings. The minimum Gasteiger partial charge on any atom is -0.337 e. The lowest BCUT2D eigenvalue weighted by molar-refractivity contribution is -0.119. The summed E-state index contributed by atoms with van der Waals surface area (Å²) < 4.78 is 55.9. The summed E-state index contributed by atoms with van der Waals surface area (Å²) in [6.07, 6.45) is 2.18. The SMILES string of the molecule is CC.CC12CC1C2.CCS.NC1C(F)CN(C=O)C1Cc1cccc(-c2cc(F)ccc2F)c1F. The highest BCUT2D eigenvalue weighted by Crippen LogP contribution is 2.74. The Balaban J connectivity index is 0.000000359. The lowest BCUT2D eigenvalue weighted by Gasteiger charge is -2.23. The summed E-state index contributed by atoms with van der Waals surface area (Å²) in [6.45, 7) is 8.22. The second-order valence-corrected chi connectivity index (χ2v) is 9.78. The molecule has 2 saturated carbocycles. The molecule has 1 amide bonds. The Labute approximate surface area is 211 Å². The van der Waals surface area contributed by atoms with Crippen molar-refractivity contribution in [1.29, 1.82) is 0 Å². The van der Waals surface area contributed by atoms with Gasteiger partial charge in [-0.1, -0.05) is 45.9 Å². The summed E-state index contributed by atoms with van der Waals surface area (Å²) in [7, 11) is 0. The first kappa shape index (κ1) is 29.2. The molecule has 0 spiro atoms. The zero-order valence-corrected chi connectivity index (χ0v) is 21.7. The molecule has 1 heterocycles. The van der Waals surface area contributed by atoms with Crippen LogP contribution >= 0.6 is 12.6 Å². The molecule has 0 radical (unpaired) electrons. The smallest absolute Gasteiger partial charge is 0.210 e. The second kappa shape index (κ2) is 12.8. The highest BCUT2D eigenvalue weighted by Gasteiger charge is 2.65. The van der Waals surface area contributed by atoms with Crippen molar-refractivity contribution in [3.05, 3.63) is 59.4 Å². The fourth-order valence-corrected chi connectivity index (χ4v) is 4.12. The minimum absolute atomic E-state index is 0.0169. The molecule has 2 aromatic carbocycles. The number of hydrogen-bond acceptors (Lipinski definition) is 3. The molecule has 0 aromatic heterocycles. The van der Waals surface area contributed by atoms with Gasteiger partial charge in [0.1, 0.15) is 23.6 Å². The molecule has 2 aliphatic carbocycles. The summed E-state index contributed by atoms with van der Waals surface area (Å²) in [5.74, 6) is -0.0466. The van der Waals surface area contributed by atoms with Crippen molar-refractivity contribution in [2.24, 2.45) is 17.1 Å². The molecular formula is C27H36F4N2OS. The third-order valence-electron chi connectivity index (χ3n) is 6.63. The summed E-state index contributed by atoms with van der Waals surface area (Å²) >= 11 is 3.79. The van der Waals surface area contributed by atoms with Crippen LogP contribution in [0, 0.1) is 28.8 Å². The zero-order chi connectivity index (χ0) is 26.3. The molecule has 35 heavy (non-hydrogen) atoms. The number of carbonyl (C=O) groups is 1. The first-order valence-electron chi connectivity index (χ1n) is 12.1. The molecule has 3 fully saturated rings. The van der Waals surface area contributed by atoms with Crippen molar-refractivity contribution in [2.45, 2.75) is 65.2 Å². The highest BCUT2D eigenvalue weighted by atomic mass is 32.1. The molecule has 3 nitrogen and oxygen atoms in total. The maximum absolute atomic E-state index is 14.8. The van der Waals surface area contributed by atoms with E-state index in [0.29, 0.717) is 6.41 Å². The van der Waals surface area contributed by atoms with Crippen LogP contribution in [0.5, 0.6) is 0 Å². The number of nitrogens with two attached hydrogens (primary N) is 1. The summed E-state index contributed by atoms with van der Waals surface area (Å²) in [5, 5.41) is 0. The van der Waals surface area contributed by atoms with Gasteiger partial charge in [-0.3, -0.25) is 4.79 Å². The van der Waals surface area contributed by atoms with Crippen LogP contribution < -0.4 is 5.73 Å². The maximum Gasteiger partial charge on any atom is 0.210 e. The normalized spacial score (nSPS) is 27.2. The number of halogens is 4. The van der Waals surface area contributed by atoms with Crippen molar-refractivity contribution in [3.63, 3.8) is 0 Å². The van der Waals surface area contributed by atoms with E-state index in [1.807, 2.05) is 20.8 Å². The van der Waals surface area contributed by atoms with Crippen LogP contribution in [0.3, 0.4) is 0 Å². The largest absolute Gasteiger partial charge is 0.337 e. The first-order chi connectivity index (χ1) is 16.6. The molecule has 194 valence electrons. The van der Waals surface area contributed by atoms with Gasteiger partial charge in [-0.2, -0.15) is 12.6 Å². The van der Waals surface area contributed by atoms with Crippen LogP contribution in [0.2, 0.25) is 0 Å². The van der Waals surface area contributed by atoms with Crippen molar-refractivity contribution < 1.29 is 22.4 Å². The lowest BCUT2D eigenvalue weighted by Crippen LogP contribution is -2.42. The van der Waals surface area contributed by atoms with Gasteiger partial charge in [-0.25, -0.2) is 17.6 Å². The summed E-state index contributed by atoms with van der Waals surface area (Å²) in [5.41, 5.74) is 6.54. The van der Waals surface area contributed by atoms with Gasteiger partial charge in [0, 0.05) is 11.1 Å². The average Bonchev–Trinajstić information content (AvgIpc) is 3.66. The zero-order valence-electron chi connectivity index (χ0n) is 20.8. The number of carbonyl (C=O) groups excluding carboxylic acids is 1. The number of thiol groups is 1. The quantitative estimate of drug-likeness (QED) is 0.291. The predicted molar refractivity (Wildman–Crippen MR) is 137 cm³/mol. The van der Waals surface area contributed by atoms with Crippen LogP contribution in [-0.4, -0.2) is 41.9 Å². The average molecular weight is 513 g/mol. The Hall–Kier alpha value is -2.06. The fraction of sp³-hybridized carbons (Fsp3) is 0.519. The second-order valence-electron chi connectivity index (χ2n) is 9.15. The molecule has 2 N–H and O–H groups in total. The topological polar surface area (TPSA) is 46.3 Å². The number of nitrogens with zero attached hydrogens (tertiary/aromatic N) is 1. The molecule has 1 aliphatic heterocycles. The van der Waals surface area contributed by atoms with E-state index in [4.69, 9.17) is 5.73 Å². The Bertz CT molecular complexity index is 984. The van der Waals surface area contributed by atoms with E-state index >= 15 is 0 Å². The van der Waals surface area contributed by atoms with Gasteiger partial charge in [0.15, 0.2) is 0 Å². The van der Waals surface area contributed by atoms with Gasteiger partial charge in [0.25, 0.3) is 0 Å². The van der Waals surface area contributed by atoms with E-state index in [-0.39, 0.29) is 29.7 Å². The lowest BCUT2D eigenvalue weighted by atomic mass is 9.95. The number of likely N-dealkylation sites (tertiary alicyclic amines) is 1. The molecule has 8 heteroatoms. The molecule has 5 rings (SSSR count). The van der Waals surface area contributed by atoms with Gasteiger partial charge in [0.05, 0.1) is 18.6 Å². The van der Waals surface area contributed by atoms with Crippen LogP contribution in [0.15, 0.2) is 36.4 Å². The minimum atomic E-state index is -1.39. The number of rotatable bonds is 4. The third kappa shape index (κ3) is 7.23. The van der Waals surface area contributed by atoms with E-state index in [9.17, 15) is 22.4 Å². The van der Waals surface area contributed by atoms with Crippen molar-refractivity contribution >= 4 is 19.0 Å². The Kier molecular flexibility index (Phi) is 10.6. The van der Waals surface area contributed by atoms with Crippen LogP contribution in [0.25, 0.3) is 11.1 Å². The number of fused-ring (bicyclic) bond motifs is 1. The van der Waals surface area contributed by atoms with Crippen molar-refractivity contribution in [2.75, 3.05) is 12.3 Å². The van der Waals surface area contributed by atoms with E-state index in [1.54, 1.807) is 12.8 Å². The van der Waals surface area contributed by atoms with Gasteiger partial charge < -0.3 is 10.6 Å². The van der Waals surface area contributed by atoms with E-state index in [1.165, 1.54) is 29.0 Å². The van der Waals surface area contributed by atoms with Gasteiger partial charge in [-0.15, -0.1) is 0 Å². The van der Waals surface area contributed by atoms with Crippen LogP contribution in [-0.2, 0) is 11.2 Å². The summed E-state index contributed by atoms with van der Waals surface area (Å²) in [6, 6.07) is 5.43. The molecule has 1 saturated heterocycles. The van der Waals surface area contributed by atoms with E-state index in [0.717, 1.165) is 29.4 Å². The summed E-state index contributed by atoms with van der Waals surface area (Å²) in [4.78, 5) is 12.3. The molecule has 0 bridgehead atoms. The van der Waals surface area contributed by atoms with E-state index in [2.05, 4.69) is 19.6 Å². The molecule has 3 atom stereocenters. The van der Waals surface area contributed by atoms with Crippen LogP contribution in [0.4, 0.5) is 17.6 Å². The standard InChI is InChI=1S/C18H16F4N2O.C5H8.C2H6S.C2H6/c19-11-4-5-14(20)13(7-11)12-3-1-2-10(17(12)22)6-16-18(23)15(21)8-24(16)9-25;1-5-2-4(5)3-5;1-2-3;1-2/h1-5,7,9,15-16,18H,6,8,23H2;4H,2-3H2,1H3;3H,2H2,1H3;1-2H3. The number of benzene rings is 2. The molecule has 3 aliphatic rings. The van der Waals surface area contributed by atoms with Crippen LogP contribution in [0.1, 0.15) is 46.1 Å². The van der Waals surface area contributed by atoms with Gasteiger partial charge >= 0.3 is 0 Å². The fourth-order valence-electron chi connectivity index (χ4n) is 4.12. The van der Waals surface area contributed by atoms with E-state index < -0.39 is 35.7 Å². The monoisotopic (exact) mass is 512 g/mol. The number of hydrogen-bond donors (Lipinski definition) is 2. The van der Waals surface area contributed by atoms with Gasteiger partial charge in [0.2, 0.25) is 6.41 Å². The Morgan fingerprint density at radius 3 is 2.23 bits per heavy atom. The molecule has 3 unspecified atom stereocenters. The first-order valence-corrected chi connectivity index (χ1v) is 12.7. The molecular weight excluding hydrogens is 476 g/mol. The maximum atomic E-state index is 14.8. The Morgan fingerprint density at radius 1 is 1.14 bits per heavy atom. The third-order valence-corrected chi connectivity index (χ3v) is 6.63.